The van der Waals surface area contributed by atoms with Gasteiger partial charge in [0, 0.05) is 17.3 Å². The molecule has 0 atom stereocenters. The summed E-state index contributed by atoms with van der Waals surface area (Å²) in [6.45, 7) is 6.65. The van der Waals surface area contributed by atoms with Gasteiger partial charge in [-0.15, -0.1) is 0 Å². The van der Waals surface area contributed by atoms with E-state index >= 15 is 0 Å². The topological polar surface area (TPSA) is 103 Å². The molecule has 16 heavy (non-hydrogen) atoms. The maximum atomic E-state index is 10.6. The van der Waals surface area contributed by atoms with Crippen LogP contribution in [0, 0.1) is 6.92 Å². The van der Waals surface area contributed by atoms with Crippen molar-refractivity contribution in [2.75, 3.05) is 0 Å². The highest BCUT2D eigenvalue weighted by atomic mass is 16.4. The van der Waals surface area contributed by atoms with Gasteiger partial charge in [0.1, 0.15) is 0 Å². The smallest absolute Gasteiger partial charge is 0.330 e. The lowest BCUT2D eigenvalue weighted by Crippen LogP contribution is -2.22. The molecule has 0 aliphatic carbocycles. The number of H-pyrrole nitrogens is 2. The Bertz CT molecular complexity index is 484. The maximum Gasteiger partial charge on any atom is 0.330 e. The van der Waals surface area contributed by atoms with Gasteiger partial charge in [-0.2, -0.15) is 0 Å². The standard InChI is InChI=1S/C5H6N2O2.C5H8O2/c1-3-2-6-5(9)7-4(3)8;1-3-4(2)5(6)7/h2H,1H3,(H2,6,7,8,9);2-3H2,1H3,(H,6,7). The molecule has 0 unspecified atom stereocenters. The summed E-state index contributed by atoms with van der Waals surface area (Å²) in [4.78, 5) is 35.1. The fraction of sp³-hybridized carbons (Fsp3) is 0.300. The Kier molecular flexibility index (Phi) is 5.55. The number of nitrogens with one attached hydrogen (secondary N) is 2. The zero-order valence-corrected chi connectivity index (χ0v) is 9.16. The first-order chi connectivity index (χ1) is 7.38. The second kappa shape index (κ2) is 6.39. The Morgan fingerprint density at radius 1 is 1.50 bits per heavy atom. The molecule has 0 aliphatic rings. The lowest BCUT2D eigenvalue weighted by molar-refractivity contribution is -0.132. The molecular formula is C10H14N2O4. The average molecular weight is 226 g/mol. The molecule has 0 saturated heterocycles. The Balaban J connectivity index is 0.000000293. The largest absolute Gasteiger partial charge is 0.478 e. The van der Waals surface area contributed by atoms with E-state index in [4.69, 9.17) is 5.11 Å². The molecule has 0 aromatic carbocycles. The summed E-state index contributed by atoms with van der Waals surface area (Å²) >= 11 is 0. The number of carboxylic acid groups (broad SMARTS) is 1. The molecule has 6 heteroatoms. The Hall–Kier alpha value is -2.11. The number of hydrogen-bond acceptors (Lipinski definition) is 3. The van der Waals surface area contributed by atoms with E-state index in [1.54, 1.807) is 13.8 Å². The summed E-state index contributed by atoms with van der Waals surface area (Å²) in [5.41, 5.74) is -0.0287. The van der Waals surface area contributed by atoms with E-state index in [1.807, 2.05) is 0 Å². The summed E-state index contributed by atoms with van der Waals surface area (Å²) in [7, 11) is 0. The van der Waals surface area contributed by atoms with Crippen molar-refractivity contribution in [3.8, 4) is 0 Å². The van der Waals surface area contributed by atoms with E-state index < -0.39 is 11.7 Å². The lowest BCUT2D eigenvalue weighted by Gasteiger charge is -1.87. The van der Waals surface area contributed by atoms with Gasteiger partial charge in [0.2, 0.25) is 0 Å². The van der Waals surface area contributed by atoms with E-state index in [0.717, 1.165) is 0 Å². The Labute approximate surface area is 91.7 Å². The second-order valence-electron chi connectivity index (χ2n) is 3.02. The SMILES string of the molecule is C=C(CC)C(=O)O.Cc1c[nH]c(=O)[nH]c1=O. The number of carbonyl (C=O) groups is 1. The van der Waals surface area contributed by atoms with Gasteiger partial charge in [0.15, 0.2) is 0 Å². The van der Waals surface area contributed by atoms with Crippen LogP contribution in [0.4, 0.5) is 0 Å². The Morgan fingerprint density at radius 2 is 2.06 bits per heavy atom. The van der Waals surface area contributed by atoms with Gasteiger partial charge >= 0.3 is 11.7 Å². The highest BCUT2D eigenvalue weighted by Crippen LogP contribution is 1.93. The van der Waals surface area contributed by atoms with Crippen molar-refractivity contribution in [2.45, 2.75) is 20.3 Å². The van der Waals surface area contributed by atoms with Gasteiger partial charge in [0.25, 0.3) is 5.56 Å². The first-order valence-corrected chi connectivity index (χ1v) is 4.58. The zero-order valence-electron chi connectivity index (χ0n) is 9.16. The van der Waals surface area contributed by atoms with Crippen molar-refractivity contribution in [1.29, 1.82) is 0 Å². The Morgan fingerprint density at radius 3 is 2.31 bits per heavy atom. The molecule has 6 nitrogen and oxygen atoms in total. The average Bonchev–Trinajstić information content (AvgIpc) is 2.23. The van der Waals surface area contributed by atoms with Gasteiger partial charge in [0.05, 0.1) is 0 Å². The van der Waals surface area contributed by atoms with Crippen LogP contribution in [0.3, 0.4) is 0 Å². The van der Waals surface area contributed by atoms with Crippen LogP contribution in [0.1, 0.15) is 18.9 Å². The molecular weight excluding hydrogens is 212 g/mol. The normalized spacial score (nSPS) is 8.88. The third kappa shape index (κ3) is 4.94. The van der Waals surface area contributed by atoms with Gasteiger partial charge in [-0.05, 0) is 13.3 Å². The van der Waals surface area contributed by atoms with Crippen LogP contribution >= 0.6 is 0 Å². The molecule has 0 amide bonds. The van der Waals surface area contributed by atoms with Crippen LogP contribution in [0.25, 0.3) is 0 Å². The molecule has 0 bridgehead atoms. The molecule has 1 aromatic rings. The second-order valence-corrected chi connectivity index (χ2v) is 3.02. The van der Waals surface area contributed by atoms with Crippen LogP contribution in [0.15, 0.2) is 27.9 Å². The third-order valence-electron chi connectivity index (χ3n) is 1.73. The number of rotatable bonds is 2. The molecule has 0 saturated carbocycles. The lowest BCUT2D eigenvalue weighted by atomic mass is 10.2. The number of aliphatic carboxylic acids is 1. The van der Waals surface area contributed by atoms with Crippen molar-refractivity contribution in [3.05, 3.63) is 44.8 Å². The van der Waals surface area contributed by atoms with E-state index in [-0.39, 0.29) is 11.1 Å². The van der Waals surface area contributed by atoms with E-state index in [9.17, 15) is 14.4 Å². The summed E-state index contributed by atoms with van der Waals surface area (Å²) in [6, 6.07) is 0. The molecule has 0 fully saturated rings. The number of aryl methyl sites for hydroxylation is 1. The predicted octanol–water partition coefficient (Wildman–Crippen LogP) is 0.409. The fourth-order valence-corrected chi connectivity index (χ4v) is 0.628. The van der Waals surface area contributed by atoms with Crippen molar-refractivity contribution >= 4 is 5.97 Å². The van der Waals surface area contributed by atoms with Gasteiger partial charge in [-0.25, -0.2) is 9.59 Å². The predicted molar refractivity (Wildman–Crippen MR) is 59.5 cm³/mol. The first kappa shape index (κ1) is 13.9. The van der Waals surface area contributed by atoms with Gasteiger partial charge < -0.3 is 10.1 Å². The highest BCUT2D eigenvalue weighted by Gasteiger charge is 1.96. The fourth-order valence-electron chi connectivity index (χ4n) is 0.628. The minimum Gasteiger partial charge on any atom is -0.478 e. The molecule has 88 valence electrons. The van der Waals surface area contributed by atoms with Gasteiger partial charge in [-0.1, -0.05) is 13.5 Å². The summed E-state index contributed by atoms with van der Waals surface area (Å²) in [6.07, 6.45) is 1.90. The molecule has 0 spiro atoms. The minimum absolute atomic E-state index is 0.264. The van der Waals surface area contributed by atoms with Crippen LogP contribution in [0.5, 0.6) is 0 Å². The van der Waals surface area contributed by atoms with Crippen LogP contribution in [-0.2, 0) is 4.79 Å². The maximum absolute atomic E-state index is 10.6. The number of aromatic nitrogens is 2. The first-order valence-electron chi connectivity index (χ1n) is 4.58. The molecule has 3 N–H and O–H groups in total. The van der Waals surface area contributed by atoms with Crippen molar-refractivity contribution in [2.24, 2.45) is 0 Å². The van der Waals surface area contributed by atoms with E-state index in [2.05, 4.69) is 16.5 Å². The van der Waals surface area contributed by atoms with E-state index in [0.29, 0.717) is 12.0 Å². The minimum atomic E-state index is -0.900. The van der Waals surface area contributed by atoms with Crippen LogP contribution < -0.4 is 11.2 Å². The summed E-state index contributed by atoms with van der Waals surface area (Å²) in [5.74, 6) is -0.900. The molecule has 0 radical (unpaired) electrons. The monoisotopic (exact) mass is 226 g/mol. The molecule has 1 aromatic heterocycles. The summed E-state index contributed by atoms with van der Waals surface area (Å²) < 4.78 is 0. The van der Waals surface area contributed by atoms with Crippen molar-refractivity contribution in [3.63, 3.8) is 0 Å². The number of carboxylic acids is 1. The van der Waals surface area contributed by atoms with Crippen LogP contribution in [0.2, 0.25) is 0 Å². The van der Waals surface area contributed by atoms with E-state index in [1.165, 1.54) is 6.20 Å². The van der Waals surface area contributed by atoms with Crippen LogP contribution in [-0.4, -0.2) is 21.0 Å². The molecule has 1 heterocycles. The zero-order chi connectivity index (χ0) is 12.7. The third-order valence-corrected chi connectivity index (χ3v) is 1.73. The molecule has 1 rings (SSSR count). The van der Waals surface area contributed by atoms with Crippen molar-refractivity contribution < 1.29 is 9.90 Å². The van der Waals surface area contributed by atoms with Gasteiger partial charge in [-0.3, -0.25) is 9.78 Å². The molecule has 0 aliphatic heterocycles. The number of hydrogen-bond donors (Lipinski definition) is 3. The number of aromatic amines is 2. The summed E-state index contributed by atoms with van der Waals surface area (Å²) in [5, 5.41) is 8.08. The highest BCUT2D eigenvalue weighted by molar-refractivity contribution is 5.85. The quantitative estimate of drug-likeness (QED) is 0.635. The van der Waals surface area contributed by atoms with Crippen molar-refractivity contribution in [1.82, 2.24) is 9.97 Å².